The molecule has 2 aromatic heterocycles. The number of halogens is 1. The molecule has 1 fully saturated rings. The first-order valence-corrected chi connectivity index (χ1v) is 7.87. The van der Waals surface area contributed by atoms with Crippen molar-refractivity contribution in [3.05, 3.63) is 46.1 Å². The molecular weight excluding hydrogens is 350 g/mol. The van der Waals surface area contributed by atoms with Crippen molar-refractivity contribution in [1.29, 1.82) is 0 Å². The van der Waals surface area contributed by atoms with Crippen LogP contribution in [0.5, 0.6) is 0 Å². The van der Waals surface area contributed by atoms with Crippen LogP contribution in [0.4, 0.5) is 0 Å². The highest BCUT2D eigenvalue weighted by atomic mass is 79.9. The van der Waals surface area contributed by atoms with Gasteiger partial charge in [-0.3, -0.25) is 9.59 Å². The largest absolute Gasteiger partial charge is 0.444 e. The molecule has 1 saturated heterocycles. The van der Waals surface area contributed by atoms with Gasteiger partial charge in [-0.1, -0.05) is 0 Å². The van der Waals surface area contributed by atoms with Crippen molar-refractivity contribution in [2.45, 2.75) is 18.8 Å². The first kappa shape index (κ1) is 14.9. The second-order valence-electron chi connectivity index (χ2n) is 5.36. The molecule has 6 nitrogen and oxygen atoms in total. The van der Waals surface area contributed by atoms with E-state index in [0.29, 0.717) is 29.1 Å². The zero-order chi connectivity index (χ0) is 15.7. The Kier molecular flexibility index (Phi) is 4.06. The van der Waals surface area contributed by atoms with Gasteiger partial charge in [-0.05, 0) is 47.0 Å². The summed E-state index contributed by atoms with van der Waals surface area (Å²) in [5.41, 5.74) is 6.71. The van der Waals surface area contributed by atoms with Crippen molar-refractivity contribution in [3.8, 4) is 0 Å². The van der Waals surface area contributed by atoms with E-state index in [2.05, 4.69) is 20.9 Å². The number of carbonyl (C=O) groups is 2. The Morgan fingerprint density at radius 3 is 2.86 bits per heavy atom. The number of nitrogens with two attached hydrogens (primary N) is 1. The van der Waals surface area contributed by atoms with Crippen LogP contribution in [-0.2, 0) is 0 Å². The number of piperidine rings is 1. The van der Waals surface area contributed by atoms with Crippen LogP contribution < -0.4 is 5.73 Å². The third kappa shape index (κ3) is 2.81. The van der Waals surface area contributed by atoms with E-state index in [1.54, 1.807) is 29.3 Å². The fourth-order valence-electron chi connectivity index (χ4n) is 2.92. The second kappa shape index (κ2) is 6.00. The molecular formula is C15H16BrN3O3. The van der Waals surface area contributed by atoms with Gasteiger partial charge in [0.2, 0.25) is 0 Å². The van der Waals surface area contributed by atoms with E-state index in [4.69, 9.17) is 10.2 Å². The highest BCUT2D eigenvalue weighted by Gasteiger charge is 2.29. The number of amides is 2. The fraction of sp³-hybridized carbons (Fsp3) is 0.333. The van der Waals surface area contributed by atoms with Crippen LogP contribution in [0.15, 0.2) is 33.5 Å². The molecule has 0 spiro atoms. The molecule has 3 heterocycles. The average molecular weight is 366 g/mol. The van der Waals surface area contributed by atoms with Crippen LogP contribution in [0, 0.1) is 0 Å². The van der Waals surface area contributed by atoms with Crippen LogP contribution in [0.1, 0.15) is 45.4 Å². The topological polar surface area (TPSA) is 92.3 Å². The molecule has 7 heteroatoms. The first-order valence-electron chi connectivity index (χ1n) is 7.08. The number of primary amides is 1. The molecule has 1 aliphatic heterocycles. The maximum Gasteiger partial charge on any atom is 0.289 e. The number of nitrogens with zero attached hydrogens (tertiary/aromatic N) is 1. The standard InChI is InChI=1S/C15H16BrN3O3/c16-12-4-3-11(22-12)15(21)19-7-1-2-9(8-19)13-10(14(17)20)5-6-18-13/h3-6,9,18H,1-2,7-8H2,(H2,17,20). The molecule has 3 rings (SSSR count). The summed E-state index contributed by atoms with van der Waals surface area (Å²) >= 11 is 3.20. The summed E-state index contributed by atoms with van der Waals surface area (Å²) in [5.74, 6) is -0.194. The van der Waals surface area contributed by atoms with Gasteiger partial charge in [-0.15, -0.1) is 0 Å². The normalized spacial score (nSPS) is 18.4. The third-order valence-corrected chi connectivity index (χ3v) is 4.37. The molecule has 3 N–H and O–H groups in total. The van der Waals surface area contributed by atoms with Crippen molar-refractivity contribution in [1.82, 2.24) is 9.88 Å². The molecule has 0 radical (unpaired) electrons. The minimum absolute atomic E-state index is 0.0774. The summed E-state index contributed by atoms with van der Waals surface area (Å²) in [4.78, 5) is 28.8. The van der Waals surface area contributed by atoms with Crippen molar-refractivity contribution in [2.75, 3.05) is 13.1 Å². The van der Waals surface area contributed by atoms with Crippen LogP contribution in [0.2, 0.25) is 0 Å². The van der Waals surface area contributed by atoms with E-state index in [0.717, 1.165) is 18.5 Å². The predicted octanol–water partition coefficient (Wildman–Crippen LogP) is 2.49. The van der Waals surface area contributed by atoms with Crippen LogP contribution >= 0.6 is 15.9 Å². The van der Waals surface area contributed by atoms with Gasteiger partial charge in [0.05, 0.1) is 5.56 Å². The molecule has 2 aromatic rings. The van der Waals surface area contributed by atoms with E-state index in [-0.39, 0.29) is 11.8 Å². The fourth-order valence-corrected chi connectivity index (χ4v) is 3.22. The summed E-state index contributed by atoms with van der Waals surface area (Å²) in [6, 6.07) is 5.03. The molecule has 1 atom stereocenters. The van der Waals surface area contributed by atoms with Crippen LogP contribution in [0.3, 0.4) is 0 Å². The Balaban J connectivity index is 1.78. The van der Waals surface area contributed by atoms with Gasteiger partial charge < -0.3 is 20.0 Å². The zero-order valence-corrected chi connectivity index (χ0v) is 13.4. The van der Waals surface area contributed by atoms with Crippen molar-refractivity contribution >= 4 is 27.7 Å². The number of rotatable bonds is 3. The van der Waals surface area contributed by atoms with E-state index >= 15 is 0 Å². The number of hydrogen-bond acceptors (Lipinski definition) is 3. The summed E-state index contributed by atoms with van der Waals surface area (Å²) < 4.78 is 5.86. The molecule has 22 heavy (non-hydrogen) atoms. The van der Waals surface area contributed by atoms with Gasteiger partial charge in [0.25, 0.3) is 11.8 Å². The lowest BCUT2D eigenvalue weighted by atomic mass is 9.92. The first-order chi connectivity index (χ1) is 10.6. The highest BCUT2D eigenvalue weighted by molar-refractivity contribution is 9.10. The van der Waals surface area contributed by atoms with Gasteiger partial charge in [0.1, 0.15) is 0 Å². The lowest BCUT2D eigenvalue weighted by molar-refractivity contribution is 0.0672. The lowest BCUT2D eigenvalue weighted by Crippen LogP contribution is -2.39. The van der Waals surface area contributed by atoms with E-state index in [1.807, 2.05) is 0 Å². The number of likely N-dealkylation sites (tertiary alicyclic amines) is 1. The number of nitrogens with one attached hydrogen (secondary N) is 1. The summed E-state index contributed by atoms with van der Waals surface area (Å²) in [7, 11) is 0. The minimum Gasteiger partial charge on any atom is -0.444 e. The van der Waals surface area contributed by atoms with Crippen molar-refractivity contribution in [2.24, 2.45) is 5.73 Å². The van der Waals surface area contributed by atoms with Crippen LogP contribution in [-0.4, -0.2) is 34.8 Å². The maximum atomic E-state index is 12.5. The Hall–Kier alpha value is -2.02. The van der Waals surface area contributed by atoms with Gasteiger partial charge in [0, 0.05) is 30.9 Å². The quantitative estimate of drug-likeness (QED) is 0.874. The summed E-state index contributed by atoms with van der Waals surface area (Å²) in [5, 5.41) is 0. The van der Waals surface area contributed by atoms with Gasteiger partial charge in [-0.25, -0.2) is 0 Å². The molecule has 2 amide bonds. The Morgan fingerprint density at radius 1 is 1.36 bits per heavy atom. The van der Waals surface area contributed by atoms with Crippen molar-refractivity contribution in [3.63, 3.8) is 0 Å². The van der Waals surface area contributed by atoms with E-state index in [1.165, 1.54) is 0 Å². The van der Waals surface area contributed by atoms with Crippen LogP contribution in [0.25, 0.3) is 0 Å². The minimum atomic E-state index is -0.449. The Morgan fingerprint density at radius 2 is 2.18 bits per heavy atom. The predicted molar refractivity (Wildman–Crippen MR) is 83.6 cm³/mol. The summed E-state index contributed by atoms with van der Waals surface area (Å²) in [6.07, 6.45) is 3.49. The smallest absolute Gasteiger partial charge is 0.289 e. The zero-order valence-electron chi connectivity index (χ0n) is 11.8. The molecule has 1 unspecified atom stereocenters. The number of hydrogen-bond donors (Lipinski definition) is 2. The number of carbonyl (C=O) groups excluding carboxylic acids is 2. The van der Waals surface area contributed by atoms with E-state index < -0.39 is 5.91 Å². The van der Waals surface area contributed by atoms with E-state index in [9.17, 15) is 9.59 Å². The van der Waals surface area contributed by atoms with Gasteiger partial charge in [-0.2, -0.15) is 0 Å². The molecule has 1 aliphatic rings. The second-order valence-corrected chi connectivity index (χ2v) is 6.14. The molecule has 116 valence electrons. The lowest BCUT2D eigenvalue weighted by Gasteiger charge is -2.32. The monoisotopic (exact) mass is 365 g/mol. The van der Waals surface area contributed by atoms with Crippen molar-refractivity contribution < 1.29 is 14.0 Å². The number of furan rings is 1. The highest BCUT2D eigenvalue weighted by Crippen LogP contribution is 2.29. The molecule has 0 bridgehead atoms. The SMILES string of the molecule is NC(=O)c1cc[nH]c1C1CCCN(C(=O)c2ccc(Br)o2)C1. The Bertz CT molecular complexity index is 706. The molecule has 0 aliphatic carbocycles. The number of H-pyrrole nitrogens is 1. The van der Waals surface area contributed by atoms with Gasteiger partial charge in [0.15, 0.2) is 10.4 Å². The maximum absolute atomic E-state index is 12.5. The third-order valence-electron chi connectivity index (χ3n) is 3.95. The molecule has 0 saturated carbocycles. The summed E-state index contributed by atoms with van der Waals surface area (Å²) in [6.45, 7) is 1.22. The van der Waals surface area contributed by atoms with Gasteiger partial charge >= 0.3 is 0 Å². The number of aromatic nitrogens is 1. The molecule has 0 aromatic carbocycles. The number of aromatic amines is 1. The Labute approximate surface area is 135 Å². The average Bonchev–Trinajstić information content (AvgIpc) is 3.15.